The van der Waals surface area contributed by atoms with Gasteiger partial charge in [-0.15, -0.1) is 0 Å². The van der Waals surface area contributed by atoms with E-state index in [1.54, 1.807) is 0 Å². The van der Waals surface area contributed by atoms with Crippen molar-refractivity contribution in [1.29, 1.82) is 0 Å². The number of hydrogen-bond donors (Lipinski definition) is 3. The summed E-state index contributed by atoms with van der Waals surface area (Å²) >= 11 is 0. The van der Waals surface area contributed by atoms with Gasteiger partial charge in [0.15, 0.2) is 0 Å². The number of nitrogens with two attached hydrogens (primary N) is 1. The largest absolute Gasteiger partial charge is 0.465 e. The van der Waals surface area contributed by atoms with Gasteiger partial charge in [0.05, 0.1) is 0 Å². The fourth-order valence-electron chi connectivity index (χ4n) is 4.86. The minimum absolute atomic E-state index is 0.112. The molecule has 1 aliphatic rings. The van der Waals surface area contributed by atoms with Gasteiger partial charge in [0.25, 0.3) is 8.32 Å². The monoisotopic (exact) mass is 483 g/mol. The van der Waals surface area contributed by atoms with Crippen LogP contribution in [-0.2, 0) is 9.22 Å². The van der Waals surface area contributed by atoms with Crippen molar-refractivity contribution in [2.75, 3.05) is 19.7 Å². The van der Waals surface area contributed by atoms with Crippen molar-refractivity contribution in [3.8, 4) is 0 Å². The molecule has 184 valence electrons. The van der Waals surface area contributed by atoms with Gasteiger partial charge >= 0.3 is 6.09 Å². The van der Waals surface area contributed by atoms with Crippen LogP contribution in [0, 0.1) is 0 Å². The lowest BCUT2D eigenvalue weighted by atomic mass is 9.97. The van der Waals surface area contributed by atoms with E-state index in [9.17, 15) is 14.7 Å². The SMILES string of the molecule is CC(C)(C)[Si](OCCCNC(=O)[C@@H]1C[C@@H](N)CCN1C(=O)O)(c1ccccc1)c1ccccc1. The van der Waals surface area contributed by atoms with Crippen molar-refractivity contribution in [3.05, 3.63) is 60.7 Å². The zero-order valence-electron chi connectivity index (χ0n) is 20.4. The number of hydrogen-bond acceptors (Lipinski definition) is 4. The lowest BCUT2D eigenvalue weighted by molar-refractivity contribution is -0.127. The average molecular weight is 484 g/mol. The smallest absolute Gasteiger partial charge is 0.407 e. The summed E-state index contributed by atoms with van der Waals surface area (Å²) in [6.07, 6.45) is 0.461. The molecule has 3 rings (SSSR count). The molecular formula is C26H37N3O4Si. The first-order chi connectivity index (χ1) is 16.2. The number of benzene rings is 2. The van der Waals surface area contributed by atoms with Crippen LogP contribution in [0.3, 0.4) is 0 Å². The highest BCUT2D eigenvalue weighted by Gasteiger charge is 2.50. The number of piperidine rings is 1. The molecular weight excluding hydrogens is 446 g/mol. The topological polar surface area (TPSA) is 105 Å². The van der Waals surface area contributed by atoms with E-state index in [2.05, 4.69) is 74.6 Å². The Bertz CT molecular complexity index is 910. The van der Waals surface area contributed by atoms with Crippen molar-refractivity contribution >= 4 is 30.7 Å². The van der Waals surface area contributed by atoms with Crippen LogP contribution >= 0.6 is 0 Å². The number of carbonyl (C=O) groups is 2. The number of nitrogens with zero attached hydrogens (tertiary/aromatic N) is 1. The van der Waals surface area contributed by atoms with E-state index in [-0.39, 0.29) is 23.5 Å². The maximum atomic E-state index is 12.7. The molecule has 0 unspecified atom stereocenters. The number of carbonyl (C=O) groups excluding carboxylic acids is 1. The summed E-state index contributed by atoms with van der Waals surface area (Å²) in [5.41, 5.74) is 5.99. The maximum absolute atomic E-state index is 12.7. The molecule has 0 saturated carbocycles. The first-order valence-corrected chi connectivity index (χ1v) is 13.9. The quantitative estimate of drug-likeness (QED) is 0.395. The second-order valence-electron chi connectivity index (χ2n) is 9.93. The summed E-state index contributed by atoms with van der Waals surface area (Å²) in [6, 6.07) is 20.0. The third kappa shape index (κ3) is 5.68. The third-order valence-electron chi connectivity index (χ3n) is 6.55. The molecule has 0 spiro atoms. The van der Waals surface area contributed by atoms with E-state index in [0.29, 0.717) is 32.4 Å². The highest BCUT2D eigenvalue weighted by Crippen LogP contribution is 2.36. The standard InChI is InChI=1S/C26H37N3O4Si/c1-26(2,3)34(21-11-6-4-7-12-21,22-13-8-5-9-14-22)33-18-10-16-28-24(30)23-19-20(27)15-17-29(23)25(31)32/h4-9,11-14,20,23H,10,15-19,27H2,1-3H3,(H,28,30)(H,31,32)/t20-,23-/m0/s1. The summed E-state index contributed by atoms with van der Waals surface area (Å²) in [6.45, 7) is 7.87. The Kier molecular flexibility index (Phi) is 8.51. The van der Waals surface area contributed by atoms with Crippen LogP contribution in [0.5, 0.6) is 0 Å². The van der Waals surface area contributed by atoms with E-state index in [0.717, 1.165) is 0 Å². The third-order valence-corrected chi connectivity index (χ3v) is 11.6. The van der Waals surface area contributed by atoms with Gasteiger partial charge in [0, 0.05) is 25.7 Å². The van der Waals surface area contributed by atoms with Gasteiger partial charge in [-0.25, -0.2) is 4.79 Å². The van der Waals surface area contributed by atoms with Gasteiger partial charge in [0.2, 0.25) is 5.91 Å². The zero-order valence-corrected chi connectivity index (χ0v) is 21.4. The van der Waals surface area contributed by atoms with E-state index < -0.39 is 20.5 Å². The molecule has 34 heavy (non-hydrogen) atoms. The summed E-state index contributed by atoms with van der Waals surface area (Å²) in [4.78, 5) is 25.4. The lowest BCUT2D eigenvalue weighted by Gasteiger charge is -2.43. The molecule has 0 radical (unpaired) electrons. The van der Waals surface area contributed by atoms with E-state index in [1.165, 1.54) is 15.3 Å². The van der Waals surface area contributed by atoms with Gasteiger partial charge in [0.1, 0.15) is 6.04 Å². The molecule has 2 atom stereocenters. The van der Waals surface area contributed by atoms with Crippen LogP contribution in [0.4, 0.5) is 4.79 Å². The second kappa shape index (κ2) is 11.2. The Hall–Kier alpha value is -2.68. The Labute approximate surface area is 203 Å². The molecule has 1 heterocycles. The fraction of sp³-hybridized carbons (Fsp3) is 0.462. The summed E-state index contributed by atoms with van der Waals surface area (Å²) < 4.78 is 6.83. The molecule has 2 aromatic rings. The number of rotatable bonds is 8. The normalized spacial score (nSPS) is 19.0. The number of carboxylic acid groups (broad SMARTS) is 1. The lowest BCUT2D eigenvalue weighted by Crippen LogP contribution is -2.66. The molecule has 2 aromatic carbocycles. The van der Waals surface area contributed by atoms with E-state index in [4.69, 9.17) is 10.2 Å². The molecule has 0 aromatic heterocycles. The minimum atomic E-state index is -2.61. The van der Waals surface area contributed by atoms with Crippen molar-refractivity contribution in [2.24, 2.45) is 5.73 Å². The minimum Gasteiger partial charge on any atom is -0.465 e. The van der Waals surface area contributed by atoms with Crippen molar-refractivity contribution in [2.45, 2.75) is 57.2 Å². The highest BCUT2D eigenvalue weighted by atomic mass is 28.4. The Balaban J connectivity index is 1.69. The first kappa shape index (κ1) is 25.9. The van der Waals surface area contributed by atoms with Crippen LogP contribution in [0.1, 0.15) is 40.0 Å². The molecule has 8 heteroatoms. The van der Waals surface area contributed by atoms with Crippen LogP contribution in [0.15, 0.2) is 60.7 Å². The average Bonchev–Trinajstić information content (AvgIpc) is 2.81. The van der Waals surface area contributed by atoms with Gasteiger partial charge < -0.3 is 20.6 Å². The van der Waals surface area contributed by atoms with Crippen LogP contribution < -0.4 is 21.4 Å². The summed E-state index contributed by atoms with van der Waals surface area (Å²) in [7, 11) is -2.61. The van der Waals surface area contributed by atoms with E-state index in [1.807, 2.05) is 12.1 Å². The zero-order chi connectivity index (χ0) is 24.8. The first-order valence-electron chi connectivity index (χ1n) is 11.9. The summed E-state index contributed by atoms with van der Waals surface area (Å²) in [5.74, 6) is -0.289. The number of likely N-dealkylation sites (tertiary alicyclic amines) is 1. The molecule has 1 aliphatic heterocycles. The molecule has 1 fully saturated rings. The molecule has 2 amide bonds. The molecule has 1 saturated heterocycles. The summed E-state index contributed by atoms with van der Waals surface area (Å²) in [5, 5.41) is 14.6. The Morgan fingerprint density at radius 2 is 1.65 bits per heavy atom. The molecule has 7 nitrogen and oxygen atoms in total. The number of nitrogens with one attached hydrogen (secondary N) is 1. The van der Waals surface area contributed by atoms with Gasteiger partial charge in [-0.2, -0.15) is 0 Å². The van der Waals surface area contributed by atoms with Crippen molar-refractivity contribution in [3.63, 3.8) is 0 Å². The van der Waals surface area contributed by atoms with Gasteiger partial charge in [-0.3, -0.25) is 9.69 Å². The predicted octanol–water partition coefficient (Wildman–Crippen LogP) is 2.54. The molecule has 0 bridgehead atoms. The van der Waals surface area contributed by atoms with Gasteiger partial charge in [-0.05, 0) is 34.7 Å². The van der Waals surface area contributed by atoms with Crippen molar-refractivity contribution in [1.82, 2.24) is 10.2 Å². The van der Waals surface area contributed by atoms with Crippen LogP contribution in [0.25, 0.3) is 0 Å². The fourth-order valence-corrected chi connectivity index (χ4v) is 9.46. The van der Waals surface area contributed by atoms with Gasteiger partial charge in [-0.1, -0.05) is 81.4 Å². The predicted molar refractivity (Wildman–Crippen MR) is 137 cm³/mol. The maximum Gasteiger partial charge on any atom is 0.407 e. The van der Waals surface area contributed by atoms with Crippen LogP contribution in [-0.4, -0.2) is 62.1 Å². The number of amides is 2. The highest BCUT2D eigenvalue weighted by molar-refractivity contribution is 6.99. The molecule has 4 N–H and O–H groups in total. The Morgan fingerprint density at radius 3 is 2.15 bits per heavy atom. The molecule has 0 aliphatic carbocycles. The van der Waals surface area contributed by atoms with Crippen molar-refractivity contribution < 1.29 is 19.1 Å². The second-order valence-corrected chi connectivity index (χ2v) is 14.2. The van der Waals surface area contributed by atoms with Crippen LogP contribution in [0.2, 0.25) is 5.04 Å². The van der Waals surface area contributed by atoms with E-state index >= 15 is 0 Å². The Morgan fingerprint density at radius 1 is 1.09 bits per heavy atom.